The lowest BCUT2D eigenvalue weighted by Crippen LogP contribution is -2.45. The van der Waals surface area contributed by atoms with Crippen molar-refractivity contribution in [1.82, 2.24) is 9.80 Å². The summed E-state index contributed by atoms with van der Waals surface area (Å²) in [5.74, 6) is -1.67. The Morgan fingerprint density at radius 1 is 0.702 bits per heavy atom. The second kappa shape index (κ2) is 17.3. The van der Waals surface area contributed by atoms with Crippen LogP contribution in [-0.2, 0) is 19.1 Å². The molecule has 0 unspecified atom stereocenters. The topological polar surface area (TPSA) is 204 Å². The molecular formula is C34H52N6O7. The van der Waals surface area contributed by atoms with Crippen LogP contribution in [0, 0.1) is 11.8 Å². The molecule has 0 radical (unpaired) electrons. The number of nitrogen functional groups attached to an aromatic ring is 3. The molecule has 4 rings (SSSR count). The van der Waals surface area contributed by atoms with Gasteiger partial charge in [-0.25, -0.2) is 9.59 Å². The number of hydrogen-bond acceptors (Lipinski definition) is 9. The summed E-state index contributed by atoms with van der Waals surface area (Å²) in [4.78, 5) is 50.2. The molecule has 2 saturated heterocycles. The summed E-state index contributed by atoms with van der Waals surface area (Å²) >= 11 is 0. The van der Waals surface area contributed by atoms with Crippen LogP contribution < -0.4 is 22.5 Å². The number of carboxylic acids is 1. The fraction of sp³-hybridized carbons (Fsp3) is 0.529. The fourth-order valence-corrected chi connectivity index (χ4v) is 4.71. The maximum atomic E-state index is 12.4. The third-order valence-electron chi connectivity index (χ3n) is 7.08. The van der Waals surface area contributed by atoms with E-state index in [2.05, 4.69) is 5.32 Å². The van der Waals surface area contributed by atoms with E-state index >= 15 is 0 Å². The quantitative estimate of drug-likeness (QED) is 0.265. The second-order valence-electron chi connectivity index (χ2n) is 13.6. The lowest BCUT2D eigenvalue weighted by molar-refractivity contribution is -0.143. The predicted octanol–water partition coefficient (Wildman–Crippen LogP) is 5.42. The highest BCUT2D eigenvalue weighted by molar-refractivity contribution is 5.95. The van der Waals surface area contributed by atoms with Crippen LogP contribution in [0.25, 0.3) is 0 Å². The Morgan fingerprint density at radius 2 is 1.11 bits per heavy atom. The Balaban J connectivity index is 0.000000275. The zero-order valence-electron chi connectivity index (χ0n) is 28.5. The van der Waals surface area contributed by atoms with Gasteiger partial charge in [0.2, 0.25) is 5.91 Å². The number of amides is 3. The number of carbonyl (C=O) groups is 4. The van der Waals surface area contributed by atoms with Gasteiger partial charge in [0.25, 0.3) is 0 Å². The van der Waals surface area contributed by atoms with E-state index in [9.17, 15) is 19.2 Å². The standard InChI is InChI=1S/C17H25N3O3.C11H19NO4.C6H8N2/c1-17(2,3)23-16(22)20-10-6-7-12(11-20)15(21)19-14-9-5-4-8-13(14)18;1-11(2,3)16-10(15)12-6-4-5-8(7-12)9(13)14;7-5-3-1-2-4-6(5)8/h4-5,8-9,12H,6-7,10-11,18H2,1-3H3,(H,19,21);8H,4-7H2,1-3H3,(H,13,14);1-4H,7-8H2/t12-;8-;/m11./s1. The summed E-state index contributed by atoms with van der Waals surface area (Å²) in [5.41, 5.74) is 18.0. The van der Waals surface area contributed by atoms with E-state index in [-0.39, 0.29) is 24.5 Å². The Hall–Kier alpha value is -4.68. The minimum Gasteiger partial charge on any atom is -0.481 e. The minimum absolute atomic E-state index is 0.115. The molecule has 2 aromatic rings. The number of anilines is 4. The Kier molecular flexibility index (Phi) is 14.2. The number of aliphatic carboxylic acids is 1. The van der Waals surface area contributed by atoms with Crippen LogP contribution in [0.5, 0.6) is 0 Å². The number of nitrogens with zero attached hydrogens (tertiary/aromatic N) is 2. The first-order chi connectivity index (χ1) is 21.9. The van der Waals surface area contributed by atoms with Gasteiger partial charge in [-0.3, -0.25) is 9.59 Å². The third-order valence-corrected chi connectivity index (χ3v) is 7.08. The predicted molar refractivity (Wildman–Crippen MR) is 183 cm³/mol. The van der Waals surface area contributed by atoms with Crippen LogP contribution in [0.4, 0.5) is 32.3 Å². The Bertz CT molecular complexity index is 1330. The van der Waals surface area contributed by atoms with E-state index in [4.69, 9.17) is 31.8 Å². The highest BCUT2D eigenvalue weighted by Gasteiger charge is 2.32. The van der Waals surface area contributed by atoms with E-state index in [1.807, 2.05) is 45.0 Å². The smallest absolute Gasteiger partial charge is 0.410 e. The molecule has 2 aliphatic heterocycles. The number of piperidine rings is 2. The van der Waals surface area contributed by atoms with Crippen molar-refractivity contribution in [3.05, 3.63) is 48.5 Å². The van der Waals surface area contributed by atoms with Gasteiger partial charge in [-0.2, -0.15) is 0 Å². The first kappa shape index (κ1) is 38.5. The molecule has 2 heterocycles. The Labute approximate surface area is 277 Å². The van der Waals surface area contributed by atoms with E-state index in [1.165, 1.54) is 4.90 Å². The molecule has 13 nitrogen and oxygen atoms in total. The molecular weight excluding hydrogens is 604 g/mol. The maximum Gasteiger partial charge on any atom is 0.410 e. The summed E-state index contributed by atoms with van der Waals surface area (Å²) in [5, 5.41) is 11.7. The highest BCUT2D eigenvalue weighted by atomic mass is 16.6. The van der Waals surface area contributed by atoms with Crippen LogP contribution in [0.15, 0.2) is 48.5 Å². The van der Waals surface area contributed by atoms with E-state index in [0.29, 0.717) is 48.8 Å². The monoisotopic (exact) mass is 656 g/mol. The average Bonchev–Trinajstić information content (AvgIpc) is 2.99. The molecule has 2 fully saturated rings. The van der Waals surface area contributed by atoms with Crippen molar-refractivity contribution >= 4 is 46.8 Å². The first-order valence-corrected chi connectivity index (χ1v) is 15.8. The molecule has 13 heteroatoms. The van der Waals surface area contributed by atoms with Crippen LogP contribution in [0.1, 0.15) is 67.2 Å². The van der Waals surface area contributed by atoms with Crippen molar-refractivity contribution in [2.24, 2.45) is 11.8 Å². The van der Waals surface area contributed by atoms with Crippen molar-refractivity contribution in [2.45, 2.75) is 78.4 Å². The normalized spacial score (nSPS) is 17.9. The Morgan fingerprint density at radius 3 is 1.51 bits per heavy atom. The van der Waals surface area contributed by atoms with Crippen molar-refractivity contribution in [3.63, 3.8) is 0 Å². The van der Waals surface area contributed by atoms with E-state index in [0.717, 1.165) is 19.3 Å². The van der Waals surface area contributed by atoms with E-state index in [1.54, 1.807) is 49.9 Å². The van der Waals surface area contributed by atoms with Gasteiger partial charge in [-0.15, -0.1) is 0 Å². The number of carbonyl (C=O) groups excluding carboxylic acids is 3. The largest absolute Gasteiger partial charge is 0.481 e. The van der Waals surface area contributed by atoms with Gasteiger partial charge >= 0.3 is 18.2 Å². The fourth-order valence-electron chi connectivity index (χ4n) is 4.71. The minimum atomic E-state index is -0.840. The van der Waals surface area contributed by atoms with Gasteiger partial charge in [-0.1, -0.05) is 24.3 Å². The first-order valence-electron chi connectivity index (χ1n) is 15.8. The van der Waals surface area contributed by atoms with Gasteiger partial charge in [-0.05, 0) is 91.5 Å². The van der Waals surface area contributed by atoms with Gasteiger partial charge in [0.15, 0.2) is 0 Å². The molecule has 0 aliphatic carbocycles. The summed E-state index contributed by atoms with van der Waals surface area (Å²) in [6.07, 6.45) is 2.09. The van der Waals surface area contributed by atoms with Gasteiger partial charge in [0.1, 0.15) is 11.2 Å². The molecule has 0 aromatic heterocycles. The summed E-state index contributed by atoms with van der Waals surface area (Å²) < 4.78 is 10.6. The number of hydrogen-bond donors (Lipinski definition) is 5. The molecule has 3 amide bonds. The molecule has 260 valence electrons. The second-order valence-corrected chi connectivity index (χ2v) is 13.6. The molecule has 47 heavy (non-hydrogen) atoms. The number of benzene rings is 2. The van der Waals surface area contributed by atoms with Crippen molar-refractivity contribution in [1.29, 1.82) is 0 Å². The zero-order valence-corrected chi connectivity index (χ0v) is 28.5. The number of carboxylic acid groups (broad SMARTS) is 1. The SMILES string of the molecule is CC(C)(C)OC(=O)N1CCC[C@@H](C(=O)Nc2ccccc2N)C1.CC(C)(C)OC(=O)N1CCC[C@@H](C(=O)O)C1.Nc1ccccc1N. The number of nitrogens with two attached hydrogens (primary N) is 3. The third kappa shape index (κ3) is 14.1. The number of nitrogens with one attached hydrogen (secondary N) is 1. The lowest BCUT2D eigenvalue weighted by atomic mass is 9.97. The maximum absolute atomic E-state index is 12.4. The van der Waals surface area contributed by atoms with Crippen LogP contribution >= 0.6 is 0 Å². The molecule has 8 N–H and O–H groups in total. The summed E-state index contributed by atoms with van der Waals surface area (Å²) in [6.45, 7) is 12.7. The van der Waals surface area contributed by atoms with Crippen LogP contribution in [0.3, 0.4) is 0 Å². The van der Waals surface area contributed by atoms with Crippen LogP contribution in [-0.4, -0.2) is 76.4 Å². The average molecular weight is 657 g/mol. The molecule has 0 bridgehead atoms. The van der Waals surface area contributed by atoms with Crippen molar-refractivity contribution in [2.75, 3.05) is 48.7 Å². The number of likely N-dealkylation sites (tertiary alicyclic amines) is 2. The van der Waals surface area contributed by atoms with Crippen LogP contribution in [0.2, 0.25) is 0 Å². The van der Waals surface area contributed by atoms with Crippen molar-refractivity contribution in [3.8, 4) is 0 Å². The number of rotatable bonds is 3. The van der Waals surface area contributed by atoms with Crippen molar-refractivity contribution < 1.29 is 33.8 Å². The highest BCUT2D eigenvalue weighted by Crippen LogP contribution is 2.23. The van der Waals surface area contributed by atoms with Gasteiger partial charge < -0.3 is 46.9 Å². The molecule has 2 atom stereocenters. The van der Waals surface area contributed by atoms with E-state index < -0.39 is 29.2 Å². The number of ether oxygens (including phenoxy) is 2. The molecule has 2 aromatic carbocycles. The molecule has 0 saturated carbocycles. The molecule has 2 aliphatic rings. The zero-order chi connectivity index (χ0) is 35.4. The number of para-hydroxylation sites is 4. The summed E-state index contributed by atoms with van der Waals surface area (Å²) in [6, 6.07) is 14.4. The van der Waals surface area contributed by atoms with Gasteiger partial charge in [0.05, 0.1) is 34.6 Å². The summed E-state index contributed by atoms with van der Waals surface area (Å²) in [7, 11) is 0. The molecule has 0 spiro atoms. The lowest BCUT2D eigenvalue weighted by Gasteiger charge is -2.33. The van der Waals surface area contributed by atoms with Gasteiger partial charge in [0, 0.05) is 26.2 Å².